The molecule has 0 aliphatic rings. The topological polar surface area (TPSA) is 92.3 Å². The molecule has 1 amide bonds. The summed E-state index contributed by atoms with van der Waals surface area (Å²) in [7, 11) is -3.73. The second kappa shape index (κ2) is 8.36. The quantitative estimate of drug-likeness (QED) is 0.554. The molecule has 0 bridgehead atoms. The number of carbonyl (C=O) groups is 2. The van der Waals surface area contributed by atoms with Gasteiger partial charge in [0.05, 0.1) is 14.6 Å². The Morgan fingerprint density at radius 2 is 1.86 bits per heavy atom. The molecule has 0 aliphatic heterocycles. The number of carbonyl (C=O) groups excluding carboxylic acids is 2. The van der Waals surface area contributed by atoms with Crippen LogP contribution in [-0.2, 0) is 21.4 Å². The number of nitrogens with one attached hydrogen (secondary N) is 2. The van der Waals surface area contributed by atoms with Crippen molar-refractivity contribution in [1.29, 1.82) is 0 Å². The molecule has 146 valence electrons. The lowest BCUT2D eigenvalue weighted by atomic mass is 10.2. The highest BCUT2D eigenvalue weighted by Crippen LogP contribution is 2.24. The highest BCUT2D eigenvalue weighted by molar-refractivity contribution is 7.89. The van der Waals surface area contributed by atoms with E-state index in [-0.39, 0.29) is 23.1 Å². The van der Waals surface area contributed by atoms with E-state index in [0.717, 1.165) is 4.88 Å². The van der Waals surface area contributed by atoms with E-state index in [1.807, 2.05) is 11.4 Å². The summed E-state index contributed by atoms with van der Waals surface area (Å²) in [5.74, 6) is -0.280. The largest absolute Gasteiger partial charge is 0.326 e. The summed E-state index contributed by atoms with van der Waals surface area (Å²) in [5, 5.41) is 4.47. The number of aryl methyl sites for hydroxylation is 1. The normalized spacial score (nSPS) is 11.4. The Morgan fingerprint density at radius 3 is 2.50 bits per heavy atom. The lowest BCUT2D eigenvalue weighted by Gasteiger charge is -2.10. The first-order valence-electron chi connectivity index (χ1n) is 8.31. The molecule has 0 saturated carbocycles. The maximum Gasteiger partial charge on any atom is 0.241 e. The zero-order chi connectivity index (χ0) is 20.3. The average Bonchev–Trinajstić information content (AvgIpc) is 3.31. The fourth-order valence-electron chi connectivity index (χ4n) is 2.60. The number of ketones is 1. The van der Waals surface area contributed by atoms with E-state index in [2.05, 4.69) is 10.0 Å². The molecule has 2 N–H and O–H groups in total. The van der Waals surface area contributed by atoms with E-state index >= 15 is 0 Å². The molecule has 0 spiro atoms. The minimum Gasteiger partial charge on any atom is -0.326 e. The van der Waals surface area contributed by atoms with Crippen LogP contribution in [0.3, 0.4) is 0 Å². The van der Waals surface area contributed by atoms with Gasteiger partial charge in [0.25, 0.3) is 0 Å². The predicted octanol–water partition coefficient (Wildman–Crippen LogP) is 3.79. The van der Waals surface area contributed by atoms with E-state index in [0.29, 0.717) is 21.0 Å². The predicted molar refractivity (Wildman–Crippen MR) is 112 cm³/mol. The van der Waals surface area contributed by atoms with Gasteiger partial charge in [-0.1, -0.05) is 6.07 Å². The molecular weight excluding hydrogens is 416 g/mol. The van der Waals surface area contributed by atoms with Crippen molar-refractivity contribution in [1.82, 2.24) is 4.72 Å². The van der Waals surface area contributed by atoms with Crippen LogP contribution in [-0.4, -0.2) is 20.1 Å². The molecule has 6 nitrogen and oxygen atoms in total. The van der Waals surface area contributed by atoms with E-state index in [1.54, 1.807) is 37.3 Å². The van der Waals surface area contributed by atoms with E-state index in [4.69, 9.17) is 0 Å². The number of hydrogen-bond donors (Lipinski definition) is 2. The van der Waals surface area contributed by atoms with Gasteiger partial charge in [0.15, 0.2) is 0 Å². The number of sulfonamides is 1. The van der Waals surface area contributed by atoms with Crippen molar-refractivity contribution in [3.8, 4) is 0 Å². The van der Waals surface area contributed by atoms with Gasteiger partial charge in [-0.15, -0.1) is 22.7 Å². The third kappa shape index (κ3) is 4.74. The molecular formula is C19H18N2O4S3. The molecule has 0 aliphatic carbocycles. The molecule has 2 aromatic heterocycles. The maximum atomic E-state index is 12.6. The molecule has 2 heterocycles. The van der Waals surface area contributed by atoms with Crippen LogP contribution in [0.15, 0.2) is 52.7 Å². The summed E-state index contributed by atoms with van der Waals surface area (Å²) in [4.78, 5) is 25.6. The van der Waals surface area contributed by atoms with Crippen molar-refractivity contribution >= 4 is 50.1 Å². The van der Waals surface area contributed by atoms with Crippen LogP contribution in [0.4, 0.5) is 5.69 Å². The third-order valence-corrected chi connectivity index (χ3v) is 7.37. The number of anilines is 1. The first-order chi connectivity index (χ1) is 13.3. The number of hydrogen-bond acceptors (Lipinski definition) is 6. The Balaban J connectivity index is 1.70. The molecule has 1 aromatic carbocycles. The summed E-state index contributed by atoms with van der Waals surface area (Å²) in [6, 6.07) is 11.7. The lowest BCUT2D eigenvalue weighted by molar-refractivity contribution is -0.114. The molecule has 0 radical (unpaired) electrons. The first kappa shape index (κ1) is 20.4. The smallest absolute Gasteiger partial charge is 0.241 e. The van der Waals surface area contributed by atoms with E-state index < -0.39 is 10.0 Å². The number of rotatable bonds is 7. The standard InChI is InChI=1S/C19H18N2O4S3/c1-12-10-14(21-13(2)22)5-8-18(12)28(24,25)20-11-15-6-7-17(27-15)19(23)16-4-3-9-26-16/h3-10,20H,11H2,1-2H3,(H,21,22). The van der Waals surface area contributed by atoms with Gasteiger partial charge in [-0.25, -0.2) is 13.1 Å². The van der Waals surface area contributed by atoms with Gasteiger partial charge >= 0.3 is 0 Å². The van der Waals surface area contributed by atoms with Crippen LogP contribution >= 0.6 is 22.7 Å². The zero-order valence-electron chi connectivity index (χ0n) is 15.2. The van der Waals surface area contributed by atoms with Crippen molar-refractivity contribution in [3.05, 3.63) is 68.0 Å². The Hall–Kier alpha value is -2.33. The summed E-state index contributed by atoms with van der Waals surface area (Å²) in [5.41, 5.74) is 1.07. The Morgan fingerprint density at radius 1 is 1.07 bits per heavy atom. The van der Waals surface area contributed by atoms with Crippen molar-refractivity contribution in [2.24, 2.45) is 0 Å². The Bertz CT molecular complexity index is 1120. The summed E-state index contributed by atoms with van der Waals surface area (Å²) >= 11 is 2.65. The fourth-order valence-corrected chi connectivity index (χ4v) is 5.57. The van der Waals surface area contributed by atoms with Crippen molar-refractivity contribution < 1.29 is 18.0 Å². The lowest BCUT2D eigenvalue weighted by Crippen LogP contribution is -2.23. The zero-order valence-corrected chi connectivity index (χ0v) is 17.6. The van der Waals surface area contributed by atoms with Crippen LogP contribution in [0, 0.1) is 6.92 Å². The third-order valence-electron chi connectivity index (χ3n) is 3.85. The number of thiophene rings is 2. The number of amides is 1. The molecule has 9 heteroatoms. The van der Waals surface area contributed by atoms with Crippen molar-refractivity contribution in [2.45, 2.75) is 25.3 Å². The van der Waals surface area contributed by atoms with Crippen LogP contribution < -0.4 is 10.0 Å². The minimum atomic E-state index is -3.73. The maximum absolute atomic E-state index is 12.6. The average molecular weight is 435 g/mol. The van der Waals surface area contributed by atoms with Gasteiger partial charge in [-0.05, 0) is 54.3 Å². The second-order valence-electron chi connectivity index (χ2n) is 6.06. The SMILES string of the molecule is CC(=O)Nc1ccc(S(=O)(=O)NCc2ccc(C(=O)c3cccs3)s2)c(C)c1. The fraction of sp³-hybridized carbons (Fsp3) is 0.158. The Kier molecular flexibility index (Phi) is 6.09. The molecule has 0 atom stereocenters. The van der Waals surface area contributed by atoms with Gasteiger partial charge in [-0.2, -0.15) is 0 Å². The Labute approximate surface area is 171 Å². The van der Waals surface area contributed by atoms with Crippen LogP contribution in [0.25, 0.3) is 0 Å². The summed E-state index contributed by atoms with van der Waals surface area (Å²) in [6.45, 7) is 3.15. The monoisotopic (exact) mass is 434 g/mol. The number of benzene rings is 1. The van der Waals surface area contributed by atoms with Crippen molar-refractivity contribution in [3.63, 3.8) is 0 Å². The first-order valence-corrected chi connectivity index (χ1v) is 11.5. The van der Waals surface area contributed by atoms with Gasteiger partial charge in [0.2, 0.25) is 21.7 Å². The van der Waals surface area contributed by atoms with E-state index in [9.17, 15) is 18.0 Å². The van der Waals surface area contributed by atoms with Crippen LogP contribution in [0.1, 0.15) is 31.9 Å². The summed E-state index contributed by atoms with van der Waals surface area (Å²) < 4.78 is 27.8. The molecule has 0 fully saturated rings. The van der Waals surface area contributed by atoms with E-state index in [1.165, 1.54) is 35.7 Å². The van der Waals surface area contributed by atoms with Crippen LogP contribution in [0.2, 0.25) is 0 Å². The minimum absolute atomic E-state index is 0.0569. The molecule has 3 rings (SSSR count). The second-order valence-corrected chi connectivity index (χ2v) is 9.91. The highest BCUT2D eigenvalue weighted by Gasteiger charge is 2.18. The van der Waals surface area contributed by atoms with Gasteiger partial charge in [0.1, 0.15) is 0 Å². The molecule has 0 saturated heterocycles. The van der Waals surface area contributed by atoms with Crippen LogP contribution in [0.5, 0.6) is 0 Å². The molecule has 0 unspecified atom stereocenters. The van der Waals surface area contributed by atoms with Crippen molar-refractivity contribution in [2.75, 3.05) is 5.32 Å². The highest BCUT2D eigenvalue weighted by atomic mass is 32.2. The molecule has 28 heavy (non-hydrogen) atoms. The van der Waals surface area contributed by atoms with Gasteiger partial charge in [-0.3, -0.25) is 9.59 Å². The molecule has 3 aromatic rings. The van der Waals surface area contributed by atoms with Gasteiger partial charge in [0, 0.05) is 24.0 Å². The summed E-state index contributed by atoms with van der Waals surface area (Å²) in [6.07, 6.45) is 0. The van der Waals surface area contributed by atoms with Gasteiger partial charge < -0.3 is 5.32 Å².